The van der Waals surface area contributed by atoms with E-state index in [1.165, 1.54) is 12.1 Å². The zero-order valence-electron chi connectivity index (χ0n) is 15.2. The minimum atomic E-state index is -4.40. The second-order valence-electron chi connectivity index (χ2n) is 6.43. The summed E-state index contributed by atoms with van der Waals surface area (Å²) in [6, 6.07) is 15.6. The van der Waals surface area contributed by atoms with Gasteiger partial charge in [0.1, 0.15) is 5.82 Å². The Labute approximate surface area is 164 Å². The lowest BCUT2D eigenvalue weighted by Crippen LogP contribution is -2.04. The third kappa shape index (κ3) is 3.62. The molecule has 1 aromatic carbocycles. The summed E-state index contributed by atoms with van der Waals surface area (Å²) in [6.45, 7) is 1.85. The van der Waals surface area contributed by atoms with E-state index in [4.69, 9.17) is 0 Å². The minimum absolute atomic E-state index is 0.355. The van der Waals surface area contributed by atoms with Crippen LogP contribution in [0, 0.1) is 18.3 Å². The van der Waals surface area contributed by atoms with Gasteiger partial charge in [0.25, 0.3) is 0 Å². The smallest absolute Gasteiger partial charge is 0.340 e. The third-order valence-corrected chi connectivity index (χ3v) is 4.41. The van der Waals surface area contributed by atoms with E-state index >= 15 is 0 Å². The second kappa shape index (κ2) is 6.95. The summed E-state index contributed by atoms with van der Waals surface area (Å²) < 4.78 is 40.0. The Morgan fingerprint density at radius 2 is 1.83 bits per heavy atom. The Kier molecular flexibility index (Phi) is 4.43. The number of nitriles is 1. The first kappa shape index (κ1) is 18.5. The number of aromatic nitrogens is 3. The summed E-state index contributed by atoms with van der Waals surface area (Å²) in [5.41, 5.74) is 3.01. The Bertz CT molecular complexity index is 1230. The van der Waals surface area contributed by atoms with Crippen molar-refractivity contribution >= 4 is 17.0 Å². The number of nitrogens with one attached hydrogen (secondary N) is 1. The van der Waals surface area contributed by atoms with E-state index < -0.39 is 11.7 Å². The molecule has 0 amide bonds. The van der Waals surface area contributed by atoms with Gasteiger partial charge in [0.2, 0.25) is 0 Å². The number of benzene rings is 1. The van der Waals surface area contributed by atoms with Gasteiger partial charge in [-0.3, -0.25) is 0 Å². The molecule has 144 valence electrons. The molecule has 0 saturated carbocycles. The molecule has 0 bridgehead atoms. The van der Waals surface area contributed by atoms with Crippen LogP contribution in [-0.4, -0.2) is 14.6 Å². The molecule has 0 spiro atoms. The van der Waals surface area contributed by atoms with Crippen molar-refractivity contribution in [3.05, 3.63) is 77.6 Å². The Balaban J connectivity index is 1.74. The normalized spacial score (nSPS) is 11.4. The molecule has 0 unspecified atom stereocenters. The topological polar surface area (TPSA) is 66.0 Å². The molecule has 3 heterocycles. The molecule has 0 saturated heterocycles. The predicted octanol–water partition coefficient (Wildman–Crippen LogP) is 5.34. The maximum absolute atomic E-state index is 12.7. The zero-order chi connectivity index (χ0) is 20.6. The number of pyridine rings is 2. The SMILES string of the molecule is Cc1nn2ccccc2c1-c1cc(C#N)cc(Nc2ccc(C(F)(F)F)cc2)n1. The van der Waals surface area contributed by atoms with Crippen molar-refractivity contribution < 1.29 is 13.2 Å². The largest absolute Gasteiger partial charge is 0.416 e. The van der Waals surface area contributed by atoms with E-state index in [0.717, 1.165) is 28.9 Å². The maximum atomic E-state index is 12.7. The molecule has 0 atom stereocenters. The van der Waals surface area contributed by atoms with Crippen molar-refractivity contribution in [2.75, 3.05) is 5.32 Å². The Hall–Kier alpha value is -3.86. The average Bonchev–Trinajstić information content (AvgIpc) is 3.03. The van der Waals surface area contributed by atoms with Crippen LogP contribution in [0.25, 0.3) is 16.8 Å². The van der Waals surface area contributed by atoms with Gasteiger partial charge in [0.05, 0.1) is 34.1 Å². The molecular weight excluding hydrogens is 379 g/mol. The Morgan fingerprint density at radius 3 is 2.52 bits per heavy atom. The lowest BCUT2D eigenvalue weighted by Gasteiger charge is -2.11. The fourth-order valence-corrected chi connectivity index (χ4v) is 3.11. The second-order valence-corrected chi connectivity index (χ2v) is 6.43. The number of hydrogen-bond acceptors (Lipinski definition) is 4. The van der Waals surface area contributed by atoms with Crippen LogP contribution in [0.4, 0.5) is 24.7 Å². The molecule has 5 nitrogen and oxygen atoms in total. The maximum Gasteiger partial charge on any atom is 0.416 e. The fraction of sp³-hybridized carbons (Fsp3) is 0.0952. The molecule has 8 heteroatoms. The van der Waals surface area contributed by atoms with Gasteiger partial charge in [-0.1, -0.05) is 6.07 Å². The fourth-order valence-electron chi connectivity index (χ4n) is 3.11. The van der Waals surface area contributed by atoms with Crippen LogP contribution in [0.2, 0.25) is 0 Å². The number of aryl methyl sites for hydroxylation is 1. The number of alkyl halides is 3. The molecule has 0 radical (unpaired) electrons. The van der Waals surface area contributed by atoms with Crippen LogP contribution in [0.15, 0.2) is 60.8 Å². The highest BCUT2D eigenvalue weighted by Gasteiger charge is 2.29. The monoisotopic (exact) mass is 393 g/mol. The third-order valence-electron chi connectivity index (χ3n) is 4.41. The van der Waals surface area contributed by atoms with E-state index in [0.29, 0.717) is 22.8 Å². The first-order chi connectivity index (χ1) is 13.8. The van der Waals surface area contributed by atoms with Gasteiger partial charge in [-0.05, 0) is 55.5 Å². The highest BCUT2D eigenvalue weighted by Crippen LogP contribution is 2.31. The molecule has 4 rings (SSSR count). The van der Waals surface area contributed by atoms with Crippen LogP contribution in [0.3, 0.4) is 0 Å². The van der Waals surface area contributed by atoms with Gasteiger partial charge in [-0.25, -0.2) is 9.50 Å². The molecule has 29 heavy (non-hydrogen) atoms. The molecule has 0 aliphatic rings. The lowest BCUT2D eigenvalue weighted by molar-refractivity contribution is -0.137. The van der Waals surface area contributed by atoms with Crippen LogP contribution >= 0.6 is 0 Å². The summed E-state index contributed by atoms with van der Waals surface area (Å²) in [7, 11) is 0. The number of fused-ring (bicyclic) bond motifs is 1. The molecule has 4 aromatic rings. The standard InChI is InChI=1S/C21H14F3N5/c1-13-20(18-4-2-3-9-29(18)28-13)17-10-14(12-25)11-19(27-17)26-16-7-5-15(6-8-16)21(22,23)24/h2-11H,1H3,(H,26,27). The number of rotatable bonds is 3. The predicted molar refractivity (Wildman–Crippen MR) is 103 cm³/mol. The first-order valence-electron chi connectivity index (χ1n) is 8.66. The summed E-state index contributed by atoms with van der Waals surface area (Å²) in [6.07, 6.45) is -2.58. The Morgan fingerprint density at radius 1 is 1.07 bits per heavy atom. The van der Waals surface area contributed by atoms with Crippen molar-refractivity contribution in [2.24, 2.45) is 0 Å². The molecule has 1 N–H and O–H groups in total. The highest BCUT2D eigenvalue weighted by molar-refractivity contribution is 5.81. The average molecular weight is 393 g/mol. The van der Waals surface area contributed by atoms with Crippen LogP contribution in [-0.2, 0) is 6.18 Å². The molecule has 3 aromatic heterocycles. The van der Waals surface area contributed by atoms with Crippen LogP contribution in [0.5, 0.6) is 0 Å². The number of anilines is 2. The molecule has 0 aliphatic carbocycles. The van der Waals surface area contributed by atoms with Gasteiger partial charge < -0.3 is 5.32 Å². The van der Waals surface area contributed by atoms with Gasteiger partial charge in [-0.15, -0.1) is 0 Å². The van der Waals surface area contributed by atoms with Crippen molar-refractivity contribution in [1.29, 1.82) is 5.26 Å². The summed E-state index contributed by atoms with van der Waals surface area (Å²) >= 11 is 0. The summed E-state index contributed by atoms with van der Waals surface area (Å²) in [5.74, 6) is 0.355. The van der Waals surface area contributed by atoms with Crippen LogP contribution < -0.4 is 5.32 Å². The van der Waals surface area contributed by atoms with E-state index in [-0.39, 0.29) is 0 Å². The quantitative estimate of drug-likeness (QED) is 0.510. The van der Waals surface area contributed by atoms with Crippen molar-refractivity contribution in [2.45, 2.75) is 13.1 Å². The summed E-state index contributed by atoms with van der Waals surface area (Å²) in [4.78, 5) is 4.56. The van der Waals surface area contributed by atoms with E-state index in [9.17, 15) is 18.4 Å². The highest BCUT2D eigenvalue weighted by atomic mass is 19.4. The number of nitrogens with zero attached hydrogens (tertiary/aromatic N) is 4. The van der Waals surface area contributed by atoms with Gasteiger partial charge in [0.15, 0.2) is 0 Å². The van der Waals surface area contributed by atoms with Crippen molar-refractivity contribution in [3.8, 4) is 17.3 Å². The van der Waals surface area contributed by atoms with E-state index in [1.807, 2.05) is 31.3 Å². The molecular formula is C21H14F3N5. The molecule has 0 aliphatic heterocycles. The van der Waals surface area contributed by atoms with Crippen LogP contribution in [0.1, 0.15) is 16.8 Å². The minimum Gasteiger partial charge on any atom is -0.340 e. The van der Waals surface area contributed by atoms with Crippen molar-refractivity contribution in [3.63, 3.8) is 0 Å². The van der Waals surface area contributed by atoms with Gasteiger partial charge >= 0.3 is 6.18 Å². The van der Waals surface area contributed by atoms with Gasteiger partial charge in [0, 0.05) is 17.4 Å². The van der Waals surface area contributed by atoms with Gasteiger partial charge in [-0.2, -0.15) is 23.5 Å². The zero-order valence-corrected chi connectivity index (χ0v) is 15.2. The molecule has 0 fully saturated rings. The van der Waals surface area contributed by atoms with E-state index in [2.05, 4.69) is 21.5 Å². The van der Waals surface area contributed by atoms with Crippen molar-refractivity contribution in [1.82, 2.24) is 14.6 Å². The first-order valence-corrected chi connectivity index (χ1v) is 8.66. The number of halogens is 3. The lowest BCUT2D eigenvalue weighted by atomic mass is 10.1. The van der Waals surface area contributed by atoms with E-state index in [1.54, 1.807) is 16.6 Å². The summed E-state index contributed by atoms with van der Waals surface area (Å²) in [5, 5.41) is 16.8. The number of hydrogen-bond donors (Lipinski definition) is 1.